The van der Waals surface area contributed by atoms with Crippen LogP contribution in [0, 0.1) is 17.3 Å². The number of fused-ring (bicyclic) bond motifs is 1. The Balaban J connectivity index is 1.97. The molecule has 0 amide bonds. The lowest BCUT2D eigenvalue weighted by Crippen LogP contribution is -2.19. The van der Waals surface area contributed by atoms with E-state index in [9.17, 15) is 4.79 Å². The third kappa shape index (κ3) is 0.872. The number of nitrogens with one attached hydrogen (secondary N) is 1. The lowest BCUT2D eigenvalue weighted by molar-refractivity contribution is -0.137. The second-order valence-corrected chi connectivity index (χ2v) is 3.95. The van der Waals surface area contributed by atoms with Gasteiger partial charge in [0.05, 0.1) is 0 Å². The fourth-order valence-electron chi connectivity index (χ4n) is 2.46. The van der Waals surface area contributed by atoms with E-state index in [2.05, 4.69) is 12.2 Å². The van der Waals surface area contributed by atoms with Gasteiger partial charge in [-0.05, 0) is 23.8 Å². The molecule has 0 aromatic heterocycles. The molecule has 0 aromatic carbocycles. The standard InChI is InChI=1S/C8H13NO2/c1-8-4-9-3-6(8)5(8)2-7(10)11/h5-6,9H,2-4H2,1H3,(H,10,11)/t5-,6-,8?/m0/s1. The Bertz CT molecular complexity index is 204. The molecule has 1 saturated heterocycles. The Hall–Kier alpha value is -0.570. The van der Waals surface area contributed by atoms with E-state index in [1.807, 2.05) is 0 Å². The van der Waals surface area contributed by atoms with E-state index in [4.69, 9.17) is 5.11 Å². The van der Waals surface area contributed by atoms with E-state index in [-0.39, 0.29) is 0 Å². The maximum absolute atomic E-state index is 10.4. The lowest BCUT2D eigenvalue weighted by atomic mass is 10.1. The van der Waals surface area contributed by atoms with Crippen molar-refractivity contribution < 1.29 is 9.90 Å². The SMILES string of the molecule is CC12CNC[C@H]1[C@@H]2CC(=O)O. The van der Waals surface area contributed by atoms with E-state index in [0.29, 0.717) is 23.7 Å². The van der Waals surface area contributed by atoms with Crippen LogP contribution in [0.25, 0.3) is 0 Å². The van der Waals surface area contributed by atoms with Crippen molar-refractivity contribution in [3.05, 3.63) is 0 Å². The Morgan fingerprint density at radius 3 is 3.00 bits per heavy atom. The van der Waals surface area contributed by atoms with Crippen molar-refractivity contribution in [3.8, 4) is 0 Å². The van der Waals surface area contributed by atoms with E-state index in [1.54, 1.807) is 0 Å². The van der Waals surface area contributed by atoms with Crippen LogP contribution in [0.3, 0.4) is 0 Å². The minimum atomic E-state index is -0.648. The monoisotopic (exact) mass is 155 g/mol. The van der Waals surface area contributed by atoms with Gasteiger partial charge in [-0.15, -0.1) is 0 Å². The average molecular weight is 155 g/mol. The molecule has 1 aliphatic heterocycles. The summed E-state index contributed by atoms with van der Waals surface area (Å²) in [6.45, 7) is 4.22. The highest BCUT2D eigenvalue weighted by molar-refractivity contribution is 5.68. The first kappa shape index (κ1) is 7.10. The fraction of sp³-hybridized carbons (Fsp3) is 0.875. The van der Waals surface area contributed by atoms with Gasteiger partial charge >= 0.3 is 5.97 Å². The molecule has 3 nitrogen and oxygen atoms in total. The third-order valence-electron chi connectivity index (χ3n) is 3.34. The number of piperidine rings is 1. The van der Waals surface area contributed by atoms with Gasteiger partial charge in [0.15, 0.2) is 0 Å². The number of carboxylic acid groups (broad SMARTS) is 1. The van der Waals surface area contributed by atoms with E-state index in [0.717, 1.165) is 13.1 Å². The molecule has 2 fully saturated rings. The van der Waals surface area contributed by atoms with Gasteiger partial charge in [0.2, 0.25) is 0 Å². The van der Waals surface area contributed by atoms with E-state index >= 15 is 0 Å². The summed E-state index contributed by atoms with van der Waals surface area (Å²) in [7, 11) is 0. The Morgan fingerprint density at radius 2 is 2.55 bits per heavy atom. The molecule has 3 heteroatoms. The first-order chi connectivity index (χ1) is 5.14. The highest BCUT2D eigenvalue weighted by Crippen LogP contribution is 2.61. The number of carbonyl (C=O) groups is 1. The summed E-state index contributed by atoms with van der Waals surface area (Å²) < 4.78 is 0. The van der Waals surface area contributed by atoms with Gasteiger partial charge in [0.1, 0.15) is 0 Å². The number of hydrogen-bond acceptors (Lipinski definition) is 2. The number of carboxylic acids is 1. The zero-order valence-corrected chi connectivity index (χ0v) is 6.63. The van der Waals surface area contributed by atoms with Crippen molar-refractivity contribution in [2.45, 2.75) is 13.3 Å². The van der Waals surface area contributed by atoms with Gasteiger partial charge in [-0.25, -0.2) is 0 Å². The largest absolute Gasteiger partial charge is 0.481 e. The van der Waals surface area contributed by atoms with Crippen LogP contribution in [-0.4, -0.2) is 24.2 Å². The van der Waals surface area contributed by atoms with Gasteiger partial charge in [0, 0.05) is 13.0 Å². The molecule has 0 aromatic rings. The molecule has 2 N–H and O–H groups in total. The molecule has 1 unspecified atom stereocenters. The molecule has 3 atom stereocenters. The molecule has 1 saturated carbocycles. The minimum Gasteiger partial charge on any atom is -0.481 e. The number of hydrogen-bond donors (Lipinski definition) is 2. The maximum atomic E-state index is 10.4. The van der Waals surface area contributed by atoms with Crippen LogP contribution in [0.4, 0.5) is 0 Å². The van der Waals surface area contributed by atoms with Crippen molar-refractivity contribution in [1.29, 1.82) is 0 Å². The first-order valence-corrected chi connectivity index (χ1v) is 4.07. The van der Waals surface area contributed by atoms with E-state index in [1.165, 1.54) is 0 Å². The predicted molar refractivity (Wildman–Crippen MR) is 40.2 cm³/mol. The summed E-state index contributed by atoms with van der Waals surface area (Å²) in [6, 6.07) is 0. The molecule has 1 aliphatic carbocycles. The molecular formula is C8H13NO2. The van der Waals surface area contributed by atoms with Crippen LogP contribution in [-0.2, 0) is 4.79 Å². The van der Waals surface area contributed by atoms with Gasteiger partial charge in [-0.3, -0.25) is 4.79 Å². The van der Waals surface area contributed by atoms with Crippen molar-refractivity contribution in [1.82, 2.24) is 5.32 Å². The van der Waals surface area contributed by atoms with Gasteiger partial charge in [-0.2, -0.15) is 0 Å². The van der Waals surface area contributed by atoms with Crippen molar-refractivity contribution >= 4 is 5.97 Å². The van der Waals surface area contributed by atoms with Crippen LogP contribution in [0.5, 0.6) is 0 Å². The van der Waals surface area contributed by atoms with Crippen molar-refractivity contribution in [2.24, 2.45) is 17.3 Å². The van der Waals surface area contributed by atoms with Crippen molar-refractivity contribution in [3.63, 3.8) is 0 Å². The molecular weight excluding hydrogens is 142 g/mol. The quantitative estimate of drug-likeness (QED) is 0.603. The van der Waals surface area contributed by atoms with E-state index < -0.39 is 5.97 Å². The van der Waals surface area contributed by atoms with Crippen LogP contribution >= 0.6 is 0 Å². The number of aliphatic carboxylic acids is 1. The summed E-state index contributed by atoms with van der Waals surface area (Å²) in [5, 5.41) is 11.8. The topological polar surface area (TPSA) is 49.3 Å². The summed E-state index contributed by atoms with van der Waals surface area (Å²) in [5.74, 6) is 0.436. The molecule has 11 heavy (non-hydrogen) atoms. The lowest BCUT2D eigenvalue weighted by Gasteiger charge is -2.06. The predicted octanol–water partition coefficient (Wildman–Crippen LogP) is 0.317. The Morgan fingerprint density at radius 1 is 1.82 bits per heavy atom. The zero-order chi connectivity index (χ0) is 8.06. The second kappa shape index (κ2) is 1.97. The Kier molecular flexibility index (Phi) is 1.27. The first-order valence-electron chi connectivity index (χ1n) is 4.07. The van der Waals surface area contributed by atoms with Crippen LogP contribution in [0.15, 0.2) is 0 Å². The van der Waals surface area contributed by atoms with Gasteiger partial charge in [0.25, 0.3) is 0 Å². The summed E-state index contributed by atoms with van der Waals surface area (Å²) in [4.78, 5) is 10.4. The normalized spacial score (nSPS) is 47.0. The molecule has 0 bridgehead atoms. The maximum Gasteiger partial charge on any atom is 0.303 e. The zero-order valence-electron chi connectivity index (χ0n) is 6.63. The molecule has 2 rings (SSSR count). The molecule has 2 aliphatic rings. The molecule has 0 spiro atoms. The molecule has 62 valence electrons. The highest BCUT2D eigenvalue weighted by atomic mass is 16.4. The van der Waals surface area contributed by atoms with Crippen LogP contribution < -0.4 is 5.32 Å². The highest BCUT2D eigenvalue weighted by Gasteiger charge is 2.63. The van der Waals surface area contributed by atoms with Crippen molar-refractivity contribution in [2.75, 3.05) is 13.1 Å². The minimum absolute atomic E-state index is 0.318. The second-order valence-electron chi connectivity index (χ2n) is 3.95. The molecule has 0 radical (unpaired) electrons. The Labute approximate surface area is 65.8 Å². The van der Waals surface area contributed by atoms with Gasteiger partial charge < -0.3 is 10.4 Å². The summed E-state index contributed by atoms with van der Waals surface area (Å²) >= 11 is 0. The summed E-state index contributed by atoms with van der Waals surface area (Å²) in [5.41, 5.74) is 0.318. The summed E-state index contributed by atoms with van der Waals surface area (Å²) in [6.07, 6.45) is 0.364. The average Bonchev–Trinajstić information content (AvgIpc) is 2.35. The smallest absolute Gasteiger partial charge is 0.303 e. The van der Waals surface area contributed by atoms with Crippen LogP contribution in [0.2, 0.25) is 0 Å². The van der Waals surface area contributed by atoms with Gasteiger partial charge in [-0.1, -0.05) is 6.92 Å². The molecule has 1 heterocycles. The fourth-order valence-corrected chi connectivity index (χ4v) is 2.46. The number of rotatable bonds is 2. The van der Waals surface area contributed by atoms with Crippen LogP contribution in [0.1, 0.15) is 13.3 Å². The third-order valence-corrected chi connectivity index (χ3v) is 3.34.